The van der Waals surface area contributed by atoms with Crippen molar-refractivity contribution < 1.29 is 19.2 Å². The first-order chi connectivity index (χ1) is 9.55. The molecule has 0 fully saturated rings. The Labute approximate surface area is 130 Å². The Balaban J connectivity index is 3.07. The van der Waals surface area contributed by atoms with E-state index in [1.165, 1.54) is 18.2 Å². The van der Waals surface area contributed by atoms with E-state index < -0.39 is 28.0 Å². The quantitative estimate of drug-likeness (QED) is 0.271. The van der Waals surface area contributed by atoms with Gasteiger partial charge in [0.2, 0.25) is 0 Å². The lowest BCUT2D eigenvalue weighted by atomic mass is 9.88. The molecule has 1 aromatic carbocycles. The highest BCUT2D eigenvalue weighted by Gasteiger charge is 2.29. The highest BCUT2D eigenvalue weighted by Crippen LogP contribution is 2.30. The van der Waals surface area contributed by atoms with Crippen LogP contribution in [-0.4, -0.2) is 16.9 Å². The molecule has 21 heavy (non-hydrogen) atoms. The minimum absolute atomic E-state index is 0.105. The fourth-order valence-electron chi connectivity index (χ4n) is 1.37. The summed E-state index contributed by atoms with van der Waals surface area (Å²) in [5.74, 6) is -1.99. The van der Waals surface area contributed by atoms with Crippen LogP contribution in [0, 0.1) is 15.5 Å². The molecule has 0 amide bonds. The van der Waals surface area contributed by atoms with Crippen molar-refractivity contribution in [2.45, 2.75) is 20.8 Å². The van der Waals surface area contributed by atoms with E-state index in [4.69, 9.17) is 0 Å². The molecule has 1 rings (SSSR count). The van der Waals surface area contributed by atoms with Crippen LogP contribution in [0.5, 0.6) is 0 Å². The SMILES string of the molecule is C=C(C(=O)OC(=O)c1cccc(Br)c1[N+](=O)[O-])C(C)(C)C. The van der Waals surface area contributed by atoms with Gasteiger partial charge in [0.15, 0.2) is 0 Å². The largest absolute Gasteiger partial charge is 0.386 e. The zero-order valence-electron chi connectivity index (χ0n) is 11.8. The zero-order valence-corrected chi connectivity index (χ0v) is 13.4. The van der Waals surface area contributed by atoms with E-state index in [2.05, 4.69) is 27.2 Å². The third-order valence-corrected chi connectivity index (χ3v) is 3.37. The maximum atomic E-state index is 12.0. The third-order valence-electron chi connectivity index (χ3n) is 2.73. The summed E-state index contributed by atoms with van der Waals surface area (Å²) in [6.45, 7) is 8.79. The number of para-hydroxylation sites is 1. The van der Waals surface area contributed by atoms with Crippen LogP contribution >= 0.6 is 15.9 Å². The number of carbonyl (C=O) groups excluding carboxylic acids is 2. The van der Waals surface area contributed by atoms with Crippen LogP contribution < -0.4 is 0 Å². The van der Waals surface area contributed by atoms with Crippen molar-refractivity contribution in [3.05, 3.63) is 50.5 Å². The maximum absolute atomic E-state index is 12.0. The molecule has 1 aromatic rings. The maximum Gasteiger partial charge on any atom is 0.353 e. The molecule has 0 heterocycles. The molecule has 0 aliphatic carbocycles. The van der Waals surface area contributed by atoms with Crippen molar-refractivity contribution in [3.63, 3.8) is 0 Å². The Bertz CT molecular complexity index is 631. The molecule has 7 heteroatoms. The number of hydrogen-bond acceptors (Lipinski definition) is 5. The van der Waals surface area contributed by atoms with Gasteiger partial charge < -0.3 is 4.74 Å². The minimum Gasteiger partial charge on any atom is -0.386 e. The van der Waals surface area contributed by atoms with Crippen LogP contribution in [-0.2, 0) is 9.53 Å². The van der Waals surface area contributed by atoms with Gasteiger partial charge in [-0.2, -0.15) is 0 Å². The highest BCUT2D eigenvalue weighted by molar-refractivity contribution is 9.10. The summed E-state index contributed by atoms with van der Waals surface area (Å²) in [7, 11) is 0. The summed E-state index contributed by atoms with van der Waals surface area (Å²) < 4.78 is 4.80. The predicted molar refractivity (Wildman–Crippen MR) is 79.8 cm³/mol. The van der Waals surface area contributed by atoms with Crippen molar-refractivity contribution in [2.75, 3.05) is 0 Å². The molecule has 0 spiro atoms. The Kier molecular flexibility index (Phi) is 5.01. The highest BCUT2D eigenvalue weighted by atomic mass is 79.9. The van der Waals surface area contributed by atoms with Gasteiger partial charge in [-0.25, -0.2) is 9.59 Å². The number of hydrogen-bond donors (Lipinski definition) is 0. The van der Waals surface area contributed by atoms with Crippen molar-refractivity contribution >= 4 is 33.6 Å². The molecule has 0 aliphatic heterocycles. The van der Waals surface area contributed by atoms with Crippen LogP contribution in [0.15, 0.2) is 34.8 Å². The van der Waals surface area contributed by atoms with Gasteiger partial charge in [-0.1, -0.05) is 33.4 Å². The van der Waals surface area contributed by atoms with Gasteiger partial charge in [-0.3, -0.25) is 10.1 Å². The van der Waals surface area contributed by atoms with Crippen molar-refractivity contribution in [1.29, 1.82) is 0 Å². The first-order valence-corrected chi connectivity index (χ1v) is 6.73. The molecule has 112 valence electrons. The molecule has 0 radical (unpaired) electrons. The van der Waals surface area contributed by atoms with Crippen molar-refractivity contribution in [2.24, 2.45) is 5.41 Å². The van der Waals surface area contributed by atoms with E-state index >= 15 is 0 Å². The number of rotatable bonds is 3. The average Bonchev–Trinajstić information content (AvgIpc) is 2.35. The number of nitrogens with zero attached hydrogens (tertiary/aromatic N) is 1. The van der Waals surface area contributed by atoms with Crippen LogP contribution in [0.1, 0.15) is 31.1 Å². The number of ether oxygens (including phenoxy) is 1. The van der Waals surface area contributed by atoms with Gasteiger partial charge in [-0.15, -0.1) is 0 Å². The zero-order chi connectivity index (χ0) is 16.4. The van der Waals surface area contributed by atoms with Gasteiger partial charge in [-0.05, 0) is 33.5 Å². The second kappa shape index (κ2) is 6.17. The number of nitro groups is 1. The molecule has 0 atom stereocenters. The summed E-state index contributed by atoms with van der Waals surface area (Å²) >= 11 is 2.99. The molecular formula is C14H14BrNO5. The normalized spacial score (nSPS) is 10.9. The summed E-state index contributed by atoms with van der Waals surface area (Å²) in [5, 5.41) is 11.0. The van der Waals surface area contributed by atoms with Gasteiger partial charge in [0.05, 0.1) is 9.40 Å². The van der Waals surface area contributed by atoms with Gasteiger partial charge in [0.25, 0.3) is 5.69 Å². The van der Waals surface area contributed by atoms with Crippen LogP contribution in [0.2, 0.25) is 0 Å². The van der Waals surface area contributed by atoms with E-state index in [9.17, 15) is 19.7 Å². The molecule has 6 nitrogen and oxygen atoms in total. The standard InChI is InChI=1S/C14H14BrNO5/c1-8(14(2,3)4)12(17)21-13(18)9-6-5-7-10(15)11(9)16(19)20/h5-7H,1H2,2-4H3. The Morgan fingerprint density at radius 1 is 1.33 bits per heavy atom. The number of nitro benzene ring substituents is 1. The summed E-state index contributed by atoms with van der Waals surface area (Å²) in [6.07, 6.45) is 0. The van der Waals surface area contributed by atoms with Gasteiger partial charge in [0.1, 0.15) is 5.56 Å². The van der Waals surface area contributed by atoms with Gasteiger partial charge in [0, 0.05) is 5.57 Å². The molecular weight excluding hydrogens is 342 g/mol. The molecule has 0 aliphatic rings. The molecule has 0 saturated heterocycles. The predicted octanol–water partition coefficient (Wildman–Crippen LogP) is 3.64. The van der Waals surface area contributed by atoms with Crippen LogP contribution in [0.25, 0.3) is 0 Å². The first-order valence-electron chi connectivity index (χ1n) is 5.94. The van der Waals surface area contributed by atoms with Crippen LogP contribution in [0.4, 0.5) is 5.69 Å². The lowest BCUT2D eigenvalue weighted by Gasteiger charge is -2.19. The Morgan fingerprint density at radius 2 is 1.90 bits per heavy atom. The van der Waals surface area contributed by atoms with Crippen LogP contribution in [0.3, 0.4) is 0 Å². The number of benzene rings is 1. The summed E-state index contributed by atoms with van der Waals surface area (Å²) in [5.41, 5.74) is -1.21. The lowest BCUT2D eigenvalue weighted by Crippen LogP contribution is -2.22. The van der Waals surface area contributed by atoms with Gasteiger partial charge >= 0.3 is 11.9 Å². The summed E-state index contributed by atoms with van der Waals surface area (Å²) in [6, 6.07) is 4.08. The third kappa shape index (κ3) is 3.98. The van der Waals surface area contributed by atoms with E-state index in [1.54, 1.807) is 20.8 Å². The Hall–Kier alpha value is -2.02. The summed E-state index contributed by atoms with van der Waals surface area (Å²) in [4.78, 5) is 34.0. The monoisotopic (exact) mass is 355 g/mol. The smallest absolute Gasteiger partial charge is 0.353 e. The van der Waals surface area contributed by atoms with Crippen molar-refractivity contribution in [1.82, 2.24) is 0 Å². The fraction of sp³-hybridized carbons (Fsp3) is 0.286. The van der Waals surface area contributed by atoms with Crippen molar-refractivity contribution in [3.8, 4) is 0 Å². The van der Waals surface area contributed by atoms with E-state index in [1.807, 2.05) is 0 Å². The molecule has 0 unspecified atom stereocenters. The number of halogens is 1. The van der Waals surface area contributed by atoms with E-state index in [0.717, 1.165) is 0 Å². The fourth-order valence-corrected chi connectivity index (χ4v) is 1.88. The van der Waals surface area contributed by atoms with E-state index in [0.29, 0.717) is 0 Å². The lowest BCUT2D eigenvalue weighted by molar-refractivity contribution is -0.386. The second-order valence-electron chi connectivity index (χ2n) is 5.30. The number of carbonyl (C=O) groups is 2. The minimum atomic E-state index is -1.08. The molecule has 0 saturated carbocycles. The molecule has 0 aromatic heterocycles. The second-order valence-corrected chi connectivity index (χ2v) is 6.15. The molecule has 0 N–H and O–H groups in total. The number of esters is 2. The average molecular weight is 356 g/mol. The first kappa shape index (κ1) is 17.0. The topological polar surface area (TPSA) is 86.5 Å². The van der Waals surface area contributed by atoms with E-state index in [-0.39, 0.29) is 15.6 Å². The Morgan fingerprint density at radius 3 is 2.38 bits per heavy atom. The molecule has 0 bridgehead atoms.